The Kier molecular flexibility index (Phi) is 5.70. The van der Waals surface area contributed by atoms with Gasteiger partial charge in [0.1, 0.15) is 0 Å². The highest BCUT2D eigenvalue weighted by molar-refractivity contribution is 5.98. The molecule has 0 radical (unpaired) electrons. The van der Waals surface area contributed by atoms with Crippen LogP contribution in [0.2, 0.25) is 0 Å². The normalized spacial score (nSPS) is 13.5. The van der Waals surface area contributed by atoms with Crippen molar-refractivity contribution in [3.05, 3.63) is 47.7 Å². The quantitative estimate of drug-likeness (QED) is 0.349. The van der Waals surface area contributed by atoms with E-state index in [2.05, 4.69) is 4.74 Å². The van der Waals surface area contributed by atoms with Crippen molar-refractivity contribution < 1.29 is 19.1 Å². The maximum atomic E-state index is 12.5. The van der Waals surface area contributed by atoms with Crippen molar-refractivity contribution in [2.75, 3.05) is 14.2 Å². The summed E-state index contributed by atoms with van der Waals surface area (Å²) in [6.07, 6.45) is 1.64. The average molecular weight is 290 g/mol. The number of benzene rings is 1. The number of allylic oxidation sites excluding steroid dienone is 1. The van der Waals surface area contributed by atoms with Gasteiger partial charge in [0, 0.05) is 11.5 Å². The number of esters is 1. The van der Waals surface area contributed by atoms with Crippen molar-refractivity contribution in [2.24, 2.45) is 11.3 Å². The van der Waals surface area contributed by atoms with E-state index in [0.717, 1.165) is 0 Å². The van der Waals surface area contributed by atoms with Crippen LogP contribution in [0.1, 0.15) is 31.1 Å². The van der Waals surface area contributed by atoms with Crippen LogP contribution in [0.3, 0.4) is 0 Å². The van der Waals surface area contributed by atoms with Gasteiger partial charge in [-0.15, -0.1) is 0 Å². The van der Waals surface area contributed by atoms with Crippen molar-refractivity contribution >= 4 is 11.8 Å². The lowest BCUT2D eigenvalue weighted by Gasteiger charge is -2.28. The summed E-state index contributed by atoms with van der Waals surface area (Å²) in [7, 11) is 2.70. The molecule has 0 heterocycles. The Morgan fingerprint density at radius 3 is 2.14 bits per heavy atom. The van der Waals surface area contributed by atoms with Crippen LogP contribution in [-0.4, -0.2) is 26.0 Å². The molecule has 0 saturated carbocycles. The summed E-state index contributed by atoms with van der Waals surface area (Å²) in [5.41, 5.74) is 0.107. The number of hydrogen-bond donors (Lipinski definition) is 0. The predicted molar refractivity (Wildman–Crippen MR) is 80.8 cm³/mol. The summed E-state index contributed by atoms with van der Waals surface area (Å²) in [4.78, 5) is 24.1. The van der Waals surface area contributed by atoms with Crippen molar-refractivity contribution in [1.29, 1.82) is 0 Å². The average Bonchev–Trinajstić information content (AvgIpc) is 2.51. The maximum Gasteiger partial charge on any atom is 0.372 e. The molecule has 0 saturated heterocycles. The molecule has 0 amide bonds. The molecule has 4 heteroatoms. The molecule has 1 aromatic rings. The lowest BCUT2D eigenvalue weighted by atomic mass is 9.75. The van der Waals surface area contributed by atoms with Gasteiger partial charge in [-0.1, -0.05) is 51.1 Å². The number of Topliss-reactive ketones (excluding diaryl/α,β-unsaturated/α-hetero) is 1. The third-order valence-corrected chi connectivity index (χ3v) is 3.68. The summed E-state index contributed by atoms with van der Waals surface area (Å²) in [6, 6.07) is 9.11. The summed E-state index contributed by atoms with van der Waals surface area (Å²) in [5.74, 6) is -0.730. The van der Waals surface area contributed by atoms with Crippen LogP contribution in [0.4, 0.5) is 0 Å². The van der Waals surface area contributed by atoms with Crippen molar-refractivity contribution in [2.45, 2.75) is 20.8 Å². The second kappa shape index (κ2) is 7.07. The molecule has 0 aliphatic rings. The van der Waals surface area contributed by atoms with E-state index in [0.29, 0.717) is 5.56 Å². The molecule has 1 aromatic carbocycles. The Balaban J connectivity index is 3.03. The number of carbonyl (C=O) groups is 2. The van der Waals surface area contributed by atoms with E-state index in [1.54, 1.807) is 18.2 Å². The van der Waals surface area contributed by atoms with Crippen molar-refractivity contribution in [3.63, 3.8) is 0 Å². The molecule has 21 heavy (non-hydrogen) atoms. The molecule has 1 unspecified atom stereocenters. The number of rotatable bonds is 6. The van der Waals surface area contributed by atoms with E-state index in [1.807, 2.05) is 39.0 Å². The van der Waals surface area contributed by atoms with Gasteiger partial charge in [0.15, 0.2) is 5.78 Å². The van der Waals surface area contributed by atoms with Gasteiger partial charge in [0.05, 0.1) is 14.2 Å². The van der Waals surface area contributed by atoms with E-state index in [-0.39, 0.29) is 17.5 Å². The van der Waals surface area contributed by atoms with Gasteiger partial charge in [-0.2, -0.15) is 0 Å². The Bertz CT molecular complexity index is 529. The van der Waals surface area contributed by atoms with Crippen molar-refractivity contribution in [3.8, 4) is 0 Å². The second-order valence-electron chi connectivity index (χ2n) is 5.48. The molecule has 0 fully saturated rings. The first-order valence-electron chi connectivity index (χ1n) is 6.78. The predicted octanol–water partition coefficient (Wildman–Crippen LogP) is 3.23. The van der Waals surface area contributed by atoms with Gasteiger partial charge in [0.25, 0.3) is 0 Å². The van der Waals surface area contributed by atoms with Crippen LogP contribution in [-0.2, 0) is 14.3 Å². The fraction of sp³-hybridized carbons (Fsp3) is 0.412. The molecule has 0 N–H and O–H groups in total. The molecule has 0 spiro atoms. The molecule has 114 valence electrons. The third-order valence-electron chi connectivity index (χ3n) is 3.68. The zero-order chi connectivity index (χ0) is 16.0. The molecule has 1 rings (SSSR count). The van der Waals surface area contributed by atoms with E-state index >= 15 is 0 Å². The summed E-state index contributed by atoms with van der Waals surface area (Å²) in [6.45, 7) is 5.62. The smallest absolute Gasteiger partial charge is 0.372 e. The second-order valence-corrected chi connectivity index (χ2v) is 5.48. The molecule has 1 atom stereocenters. The number of methoxy groups -OCH3 is 2. The SMILES string of the molecule is COC(=O)/C(=C\C(C)(C)C(C)C(=O)c1ccccc1)OC. The Hall–Kier alpha value is -2.10. The van der Waals surface area contributed by atoms with Gasteiger partial charge in [-0.05, 0) is 11.5 Å². The largest absolute Gasteiger partial charge is 0.490 e. The van der Waals surface area contributed by atoms with Crippen molar-refractivity contribution in [1.82, 2.24) is 0 Å². The maximum absolute atomic E-state index is 12.5. The first kappa shape index (κ1) is 17.0. The lowest BCUT2D eigenvalue weighted by Crippen LogP contribution is -2.28. The molecule has 0 bridgehead atoms. The van der Waals surface area contributed by atoms with E-state index in [4.69, 9.17) is 4.74 Å². The summed E-state index contributed by atoms with van der Waals surface area (Å²) >= 11 is 0. The van der Waals surface area contributed by atoms with E-state index < -0.39 is 11.4 Å². The molecular formula is C17H22O4. The van der Waals surface area contributed by atoms with Crippen LogP contribution in [0.5, 0.6) is 0 Å². The van der Waals surface area contributed by atoms with Gasteiger partial charge in [0.2, 0.25) is 5.76 Å². The summed E-state index contributed by atoms with van der Waals surface area (Å²) in [5, 5.41) is 0. The lowest BCUT2D eigenvalue weighted by molar-refractivity contribution is -0.139. The third kappa shape index (κ3) is 4.18. The zero-order valence-electron chi connectivity index (χ0n) is 13.2. The van der Waals surface area contributed by atoms with Gasteiger partial charge in [-0.25, -0.2) is 4.79 Å². The van der Waals surface area contributed by atoms with Crippen LogP contribution >= 0.6 is 0 Å². The molecule has 0 aliphatic carbocycles. The molecule has 0 aromatic heterocycles. The highest BCUT2D eigenvalue weighted by Crippen LogP contribution is 2.32. The molecular weight excluding hydrogens is 268 g/mol. The van der Waals surface area contributed by atoms with E-state index in [1.165, 1.54) is 14.2 Å². The topological polar surface area (TPSA) is 52.6 Å². The van der Waals surface area contributed by atoms with Crippen LogP contribution < -0.4 is 0 Å². The Labute approximate surface area is 125 Å². The fourth-order valence-corrected chi connectivity index (χ4v) is 1.95. The van der Waals surface area contributed by atoms with Crippen LogP contribution in [0.15, 0.2) is 42.2 Å². The minimum atomic E-state index is -0.551. The monoisotopic (exact) mass is 290 g/mol. The first-order chi connectivity index (χ1) is 9.83. The Morgan fingerprint density at radius 1 is 1.10 bits per heavy atom. The Morgan fingerprint density at radius 2 is 1.67 bits per heavy atom. The van der Waals surface area contributed by atoms with Gasteiger partial charge in [-0.3, -0.25) is 4.79 Å². The van der Waals surface area contributed by atoms with E-state index in [9.17, 15) is 9.59 Å². The minimum Gasteiger partial charge on any atom is -0.490 e. The minimum absolute atomic E-state index is 0.0252. The van der Waals surface area contributed by atoms with Crippen LogP contribution in [0.25, 0.3) is 0 Å². The van der Waals surface area contributed by atoms with Crippen LogP contribution in [0, 0.1) is 11.3 Å². The van der Waals surface area contributed by atoms with Gasteiger partial charge < -0.3 is 9.47 Å². The summed E-state index contributed by atoms with van der Waals surface area (Å²) < 4.78 is 9.71. The number of ketones is 1. The highest BCUT2D eigenvalue weighted by atomic mass is 16.6. The number of carbonyl (C=O) groups excluding carboxylic acids is 2. The standard InChI is InChI=1S/C17H22O4/c1-12(15(18)13-9-7-6-8-10-13)17(2,3)11-14(20-4)16(19)21-5/h6-12H,1-5H3/b14-11+. The molecule has 0 aliphatic heterocycles. The van der Waals surface area contributed by atoms with Gasteiger partial charge >= 0.3 is 5.97 Å². The molecule has 4 nitrogen and oxygen atoms in total. The fourth-order valence-electron chi connectivity index (χ4n) is 1.95. The first-order valence-corrected chi connectivity index (χ1v) is 6.78. The number of ether oxygens (including phenoxy) is 2. The zero-order valence-corrected chi connectivity index (χ0v) is 13.2. The number of hydrogen-bond acceptors (Lipinski definition) is 4. The highest BCUT2D eigenvalue weighted by Gasteiger charge is 2.32.